The van der Waals surface area contributed by atoms with Gasteiger partial charge in [0.05, 0.1) is 6.42 Å². The molecule has 0 aliphatic carbocycles. The van der Waals surface area contributed by atoms with Crippen molar-refractivity contribution in [1.82, 2.24) is 0 Å². The Morgan fingerprint density at radius 3 is 3.00 bits per heavy atom. The minimum absolute atomic E-state index is 0.0312. The summed E-state index contributed by atoms with van der Waals surface area (Å²) in [7, 11) is 0. The predicted octanol–water partition coefficient (Wildman–Crippen LogP) is 1.22. The predicted molar refractivity (Wildman–Crippen MR) is 48.9 cm³/mol. The van der Waals surface area contributed by atoms with Crippen LogP contribution in [0.15, 0.2) is 24.3 Å². The van der Waals surface area contributed by atoms with E-state index in [0.29, 0.717) is 11.3 Å². The van der Waals surface area contributed by atoms with Gasteiger partial charge in [0.1, 0.15) is 11.8 Å². The van der Waals surface area contributed by atoms with Crippen LogP contribution >= 0.6 is 0 Å². The van der Waals surface area contributed by atoms with Crippen molar-refractivity contribution in [3.63, 3.8) is 0 Å². The SMILES string of the molecule is N#CCOc1cccc(CC(=O)O)c1. The molecule has 1 rings (SSSR count). The number of carboxylic acids is 1. The lowest BCUT2D eigenvalue weighted by Crippen LogP contribution is -2.00. The van der Waals surface area contributed by atoms with Crippen molar-refractivity contribution >= 4 is 5.97 Å². The second kappa shape index (κ2) is 4.87. The Morgan fingerprint density at radius 1 is 1.57 bits per heavy atom. The van der Waals surface area contributed by atoms with Crippen molar-refractivity contribution in [2.45, 2.75) is 6.42 Å². The van der Waals surface area contributed by atoms with E-state index < -0.39 is 5.97 Å². The standard InChI is InChI=1S/C10H9NO3/c11-4-5-14-9-3-1-2-8(6-9)7-10(12)13/h1-3,6H,5,7H2,(H,12,13). The maximum Gasteiger partial charge on any atom is 0.307 e. The molecule has 1 N–H and O–H groups in total. The zero-order chi connectivity index (χ0) is 10.4. The van der Waals surface area contributed by atoms with Gasteiger partial charge in [0.25, 0.3) is 0 Å². The van der Waals surface area contributed by atoms with E-state index in [-0.39, 0.29) is 13.0 Å². The number of ether oxygens (including phenoxy) is 1. The molecule has 0 aliphatic heterocycles. The van der Waals surface area contributed by atoms with Crippen molar-refractivity contribution in [2.24, 2.45) is 0 Å². The number of hydrogen-bond donors (Lipinski definition) is 1. The zero-order valence-electron chi connectivity index (χ0n) is 7.43. The first-order valence-electron chi connectivity index (χ1n) is 4.03. The molecule has 14 heavy (non-hydrogen) atoms. The normalized spacial score (nSPS) is 9.07. The van der Waals surface area contributed by atoms with Gasteiger partial charge in [0.2, 0.25) is 0 Å². The van der Waals surface area contributed by atoms with Crippen LogP contribution in [0.3, 0.4) is 0 Å². The van der Waals surface area contributed by atoms with Crippen LogP contribution in [0.1, 0.15) is 5.56 Å². The summed E-state index contributed by atoms with van der Waals surface area (Å²) < 4.78 is 5.02. The lowest BCUT2D eigenvalue weighted by molar-refractivity contribution is -0.136. The highest BCUT2D eigenvalue weighted by atomic mass is 16.5. The van der Waals surface area contributed by atoms with Gasteiger partial charge in [0, 0.05) is 0 Å². The summed E-state index contributed by atoms with van der Waals surface area (Å²) in [6.45, 7) is -0.0312. The van der Waals surface area contributed by atoms with Gasteiger partial charge in [-0.05, 0) is 17.7 Å². The molecule has 0 saturated carbocycles. The number of nitriles is 1. The van der Waals surface area contributed by atoms with Gasteiger partial charge in [0.15, 0.2) is 6.61 Å². The van der Waals surface area contributed by atoms with E-state index in [1.54, 1.807) is 24.3 Å². The quantitative estimate of drug-likeness (QED) is 0.776. The average Bonchev–Trinajstić information content (AvgIpc) is 2.14. The Kier molecular flexibility index (Phi) is 3.50. The van der Waals surface area contributed by atoms with Crippen LogP contribution in [0, 0.1) is 11.3 Å². The fourth-order valence-electron chi connectivity index (χ4n) is 1.04. The highest BCUT2D eigenvalue weighted by Gasteiger charge is 2.01. The molecule has 0 amide bonds. The van der Waals surface area contributed by atoms with Crippen LogP contribution in [0.2, 0.25) is 0 Å². The third-order valence-corrected chi connectivity index (χ3v) is 1.56. The van der Waals surface area contributed by atoms with Gasteiger partial charge in [-0.3, -0.25) is 4.79 Å². The molecule has 0 aliphatic rings. The number of aliphatic carboxylic acids is 1. The second-order valence-corrected chi connectivity index (χ2v) is 2.66. The minimum atomic E-state index is -0.887. The van der Waals surface area contributed by atoms with Gasteiger partial charge >= 0.3 is 5.97 Å². The first-order chi connectivity index (χ1) is 6.72. The van der Waals surface area contributed by atoms with E-state index >= 15 is 0 Å². The molecule has 4 nitrogen and oxygen atoms in total. The molecule has 4 heteroatoms. The average molecular weight is 191 g/mol. The van der Waals surface area contributed by atoms with Crippen molar-refractivity contribution in [1.29, 1.82) is 5.26 Å². The first kappa shape index (κ1) is 10.1. The summed E-state index contributed by atoms with van der Waals surface area (Å²) in [5.41, 5.74) is 0.660. The van der Waals surface area contributed by atoms with E-state index in [1.807, 2.05) is 6.07 Å². The van der Waals surface area contributed by atoms with Crippen LogP contribution in [-0.4, -0.2) is 17.7 Å². The Morgan fingerprint density at radius 2 is 2.36 bits per heavy atom. The van der Waals surface area contributed by atoms with Crippen molar-refractivity contribution in [2.75, 3.05) is 6.61 Å². The van der Waals surface area contributed by atoms with Crippen LogP contribution in [0.25, 0.3) is 0 Å². The monoisotopic (exact) mass is 191 g/mol. The largest absolute Gasteiger partial charge is 0.481 e. The van der Waals surface area contributed by atoms with Crippen LogP contribution in [-0.2, 0) is 11.2 Å². The van der Waals surface area contributed by atoms with Crippen LogP contribution in [0.4, 0.5) is 0 Å². The molecule has 0 saturated heterocycles. The van der Waals surface area contributed by atoms with Crippen LogP contribution < -0.4 is 4.74 Å². The van der Waals surface area contributed by atoms with Gasteiger partial charge in [-0.25, -0.2) is 0 Å². The molecule has 0 radical (unpaired) electrons. The lowest BCUT2D eigenvalue weighted by atomic mass is 10.1. The molecule has 0 aromatic heterocycles. The zero-order valence-corrected chi connectivity index (χ0v) is 7.43. The molecule has 0 atom stereocenters. The Bertz CT molecular complexity index is 368. The third kappa shape index (κ3) is 3.15. The third-order valence-electron chi connectivity index (χ3n) is 1.56. The number of benzene rings is 1. The van der Waals surface area contributed by atoms with E-state index in [0.717, 1.165) is 0 Å². The highest BCUT2D eigenvalue weighted by Crippen LogP contribution is 2.13. The van der Waals surface area contributed by atoms with Gasteiger partial charge in [-0.2, -0.15) is 5.26 Å². The fraction of sp³-hybridized carbons (Fsp3) is 0.200. The fourth-order valence-corrected chi connectivity index (χ4v) is 1.04. The second-order valence-electron chi connectivity index (χ2n) is 2.66. The van der Waals surface area contributed by atoms with E-state index in [1.165, 1.54) is 0 Å². The Hall–Kier alpha value is -2.02. The van der Waals surface area contributed by atoms with Crippen molar-refractivity contribution in [3.8, 4) is 11.8 Å². The smallest absolute Gasteiger partial charge is 0.307 e. The van der Waals surface area contributed by atoms with Gasteiger partial charge < -0.3 is 9.84 Å². The van der Waals surface area contributed by atoms with E-state index in [2.05, 4.69) is 0 Å². The molecule has 0 fully saturated rings. The van der Waals surface area contributed by atoms with E-state index in [4.69, 9.17) is 15.1 Å². The van der Waals surface area contributed by atoms with Gasteiger partial charge in [-0.1, -0.05) is 12.1 Å². The molecular weight excluding hydrogens is 182 g/mol. The molecular formula is C10H9NO3. The molecule has 0 unspecified atom stereocenters. The lowest BCUT2D eigenvalue weighted by Gasteiger charge is -2.02. The summed E-state index contributed by atoms with van der Waals surface area (Å²) in [5, 5.41) is 16.8. The summed E-state index contributed by atoms with van der Waals surface area (Å²) in [6.07, 6.45) is -0.0379. The highest BCUT2D eigenvalue weighted by molar-refractivity contribution is 5.70. The van der Waals surface area contributed by atoms with Crippen molar-refractivity contribution in [3.05, 3.63) is 29.8 Å². The topological polar surface area (TPSA) is 70.3 Å². The summed E-state index contributed by atoms with van der Waals surface area (Å²) >= 11 is 0. The number of rotatable bonds is 4. The van der Waals surface area contributed by atoms with Crippen LogP contribution in [0.5, 0.6) is 5.75 Å². The number of carboxylic acid groups (broad SMARTS) is 1. The Balaban J connectivity index is 2.69. The van der Waals surface area contributed by atoms with Gasteiger partial charge in [-0.15, -0.1) is 0 Å². The molecule has 0 spiro atoms. The summed E-state index contributed by atoms with van der Waals surface area (Å²) in [6, 6.07) is 8.54. The Labute approximate surface area is 81.4 Å². The van der Waals surface area contributed by atoms with Crippen molar-refractivity contribution < 1.29 is 14.6 Å². The molecule has 1 aromatic rings. The number of carbonyl (C=O) groups is 1. The minimum Gasteiger partial charge on any atom is -0.481 e. The molecule has 1 aromatic carbocycles. The summed E-state index contributed by atoms with van der Waals surface area (Å²) in [5.74, 6) is -0.368. The number of hydrogen-bond acceptors (Lipinski definition) is 3. The molecule has 72 valence electrons. The molecule has 0 heterocycles. The summed E-state index contributed by atoms with van der Waals surface area (Å²) in [4.78, 5) is 10.4. The maximum atomic E-state index is 10.4. The number of nitrogens with zero attached hydrogens (tertiary/aromatic N) is 1. The molecule has 0 bridgehead atoms. The maximum absolute atomic E-state index is 10.4. The first-order valence-corrected chi connectivity index (χ1v) is 4.03. The van der Waals surface area contributed by atoms with E-state index in [9.17, 15) is 4.79 Å².